The van der Waals surface area contributed by atoms with Crippen molar-refractivity contribution in [1.29, 1.82) is 0 Å². The highest BCUT2D eigenvalue weighted by Gasteiger charge is 2.17. The highest BCUT2D eigenvalue weighted by atomic mass is 35.5. The van der Waals surface area contributed by atoms with Gasteiger partial charge in [0.2, 0.25) is 0 Å². The highest BCUT2D eigenvalue weighted by molar-refractivity contribution is 7.17. The molecule has 0 bridgehead atoms. The molecule has 5 nitrogen and oxygen atoms in total. The van der Waals surface area contributed by atoms with Crippen LogP contribution in [0.15, 0.2) is 30.2 Å². The lowest BCUT2D eigenvalue weighted by Gasteiger charge is -2.10. The Morgan fingerprint density at radius 2 is 2.20 bits per heavy atom. The lowest BCUT2D eigenvalue weighted by Crippen LogP contribution is -2.44. The van der Waals surface area contributed by atoms with Crippen molar-refractivity contribution >= 4 is 56.6 Å². The third kappa shape index (κ3) is 2.98. The van der Waals surface area contributed by atoms with Gasteiger partial charge in [0.15, 0.2) is 4.84 Å². The van der Waals surface area contributed by atoms with Gasteiger partial charge in [-0.15, -0.1) is 17.9 Å². The fraction of sp³-hybridized carbons (Fsp3) is 0.167. The van der Waals surface area contributed by atoms with Crippen LogP contribution < -0.4 is 10.9 Å². The fourth-order valence-corrected chi connectivity index (χ4v) is 2.66. The highest BCUT2D eigenvalue weighted by Crippen LogP contribution is 2.25. The SMILES string of the molecule is C=CCn1c(C(=O)NNC(=O)C(Cl)Cl)cc2sccc21. The maximum atomic E-state index is 12.1. The molecular weight excluding hydrogens is 321 g/mol. The minimum absolute atomic E-state index is 0.424. The molecular formula is C12H11Cl2N3O2S. The van der Waals surface area contributed by atoms with Gasteiger partial charge < -0.3 is 4.57 Å². The Morgan fingerprint density at radius 1 is 1.45 bits per heavy atom. The molecule has 0 spiro atoms. The summed E-state index contributed by atoms with van der Waals surface area (Å²) >= 11 is 12.3. The number of fused-ring (bicyclic) bond motifs is 1. The molecule has 0 saturated carbocycles. The quantitative estimate of drug-likeness (QED) is 0.513. The Kier molecular flexibility index (Phi) is 4.69. The van der Waals surface area contributed by atoms with Crippen LogP contribution in [-0.4, -0.2) is 21.2 Å². The van der Waals surface area contributed by atoms with E-state index in [4.69, 9.17) is 23.2 Å². The summed E-state index contributed by atoms with van der Waals surface area (Å²) in [5, 5.41) is 1.94. The molecule has 2 rings (SSSR count). The average molecular weight is 332 g/mol. The number of carbonyl (C=O) groups excluding carboxylic acids is 2. The summed E-state index contributed by atoms with van der Waals surface area (Å²) < 4.78 is 2.79. The maximum absolute atomic E-state index is 12.1. The second-order valence-electron chi connectivity index (χ2n) is 3.84. The number of hydrogen-bond donors (Lipinski definition) is 2. The fourth-order valence-electron chi connectivity index (χ4n) is 1.73. The average Bonchev–Trinajstić information content (AvgIpc) is 2.98. The summed E-state index contributed by atoms with van der Waals surface area (Å²) in [5.74, 6) is -1.14. The van der Waals surface area contributed by atoms with Gasteiger partial charge in [0.1, 0.15) is 5.69 Å². The molecule has 2 amide bonds. The summed E-state index contributed by atoms with van der Waals surface area (Å²) in [7, 11) is 0. The molecule has 2 aromatic rings. The summed E-state index contributed by atoms with van der Waals surface area (Å²) in [6, 6.07) is 3.68. The number of thiophene rings is 1. The predicted molar refractivity (Wildman–Crippen MR) is 81.1 cm³/mol. The van der Waals surface area contributed by atoms with Gasteiger partial charge in [-0.25, -0.2) is 0 Å². The normalized spacial score (nSPS) is 10.8. The first kappa shape index (κ1) is 14.9. The molecule has 2 N–H and O–H groups in total. The molecule has 106 valence electrons. The third-order valence-electron chi connectivity index (χ3n) is 2.56. The molecule has 0 saturated heterocycles. The number of carbonyl (C=O) groups is 2. The van der Waals surface area contributed by atoms with E-state index in [2.05, 4.69) is 17.4 Å². The second kappa shape index (κ2) is 6.30. The number of rotatable bonds is 4. The molecule has 0 atom stereocenters. The van der Waals surface area contributed by atoms with E-state index in [1.165, 1.54) is 11.3 Å². The van der Waals surface area contributed by atoms with E-state index in [9.17, 15) is 9.59 Å². The van der Waals surface area contributed by atoms with E-state index in [-0.39, 0.29) is 0 Å². The number of amides is 2. The van der Waals surface area contributed by atoms with E-state index in [0.29, 0.717) is 12.2 Å². The van der Waals surface area contributed by atoms with E-state index < -0.39 is 16.7 Å². The van der Waals surface area contributed by atoms with Crippen molar-refractivity contribution in [2.75, 3.05) is 0 Å². The third-order valence-corrected chi connectivity index (χ3v) is 3.81. The Balaban J connectivity index is 2.20. The van der Waals surface area contributed by atoms with E-state index in [1.807, 2.05) is 11.4 Å². The van der Waals surface area contributed by atoms with Crippen LogP contribution >= 0.6 is 34.5 Å². The van der Waals surface area contributed by atoms with E-state index >= 15 is 0 Å². The minimum atomic E-state index is -1.24. The minimum Gasteiger partial charge on any atom is -0.332 e. The monoisotopic (exact) mass is 331 g/mol. The van der Waals surface area contributed by atoms with Gasteiger partial charge in [0, 0.05) is 6.54 Å². The molecule has 20 heavy (non-hydrogen) atoms. The van der Waals surface area contributed by atoms with Crippen LogP contribution in [0.4, 0.5) is 0 Å². The van der Waals surface area contributed by atoms with Crippen molar-refractivity contribution < 1.29 is 9.59 Å². The zero-order valence-electron chi connectivity index (χ0n) is 10.2. The topological polar surface area (TPSA) is 63.1 Å². The van der Waals surface area contributed by atoms with Crippen LogP contribution in [0.5, 0.6) is 0 Å². The summed E-state index contributed by atoms with van der Waals surface area (Å²) in [6.45, 7) is 4.16. The molecule has 0 fully saturated rings. The number of hydrazine groups is 1. The Bertz CT molecular complexity index is 663. The zero-order chi connectivity index (χ0) is 14.7. The van der Waals surface area contributed by atoms with Gasteiger partial charge in [-0.1, -0.05) is 29.3 Å². The number of allylic oxidation sites excluding steroid dienone is 1. The van der Waals surface area contributed by atoms with E-state index in [0.717, 1.165) is 10.2 Å². The first-order chi connectivity index (χ1) is 9.54. The number of nitrogens with one attached hydrogen (secondary N) is 2. The van der Waals surface area contributed by atoms with Crippen LogP contribution in [0, 0.1) is 0 Å². The van der Waals surface area contributed by atoms with Gasteiger partial charge in [-0.2, -0.15) is 0 Å². The molecule has 0 aliphatic rings. The van der Waals surface area contributed by atoms with Crippen molar-refractivity contribution in [2.24, 2.45) is 0 Å². The molecule has 0 radical (unpaired) electrons. The van der Waals surface area contributed by atoms with Crippen LogP contribution in [0.25, 0.3) is 10.2 Å². The van der Waals surface area contributed by atoms with Crippen LogP contribution in [0.2, 0.25) is 0 Å². The Labute approximate surface area is 129 Å². The number of nitrogens with zero attached hydrogens (tertiary/aromatic N) is 1. The van der Waals surface area contributed by atoms with Gasteiger partial charge in [0.05, 0.1) is 10.2 Å². The molecule has 0 unspecified atom stereocenters. The Morgan fingerprint density at radius 3 is 2.85 bits per heavy atom. The number of alkyl halides is 2. The predicted octanol–water partition coefficient (Wildman–Crippen LogP) is 2.45. The van der Waals surface area contributed by atoms with Gasteiger partial charge in [-0.3, -0.25) is 20.4 Å². The number of hydrogen-bond acceptors (Lipinski definition) is 3. The van der Waals surface area contributed by atoms with Crippen molar-refractivity contribution in [3.05, 3.63) is 35.9 Å². The zero-order valence-corrected chi connectivity index (χ0v) is 12.6. The summed E-state index contributed by atoms with van der Waals surface area (Å²) in [4.78, 5) is 22.0. The van der Waals surface area contributed by atoms with Crippen molar-refractivity contribution in [1.82, 2.24) is 15.4 Å². The molecule has 0 aliphatic heterocycles. The van der Waals surface area contributed by atoms with Gasteiger partial charge >= 0.3 is 0 Å². The molecule has 8 heteroatoms. The maximum Gasteiger partial charge on any atom is 0.286 e. The molecule has 2 aromatic heterocycles. The van der Waals surface area contributed by atoms with E-state index in [1.54, 1.807) is 16.7 Å². The summed E-state index contributed by atoms with van der Waals surface area (Å²) in [5.41, 5.74) is 5.79. The van der Waals surface area contributed by atoms with Crippen LogP contribution in [0.3, 0.4) is 0 Å². The largest absolute Gasteiger partial charge is 0.332 e. The summed E-state index contributed by atoms with van der Waals surface area (Å²) in [6.07, 6.45) is 1.69. The lowest BCUT2D eigenvalue weighted by atomic mass is 10.4. The lowest BCUT2D eigenvalue weighted by molar-refractivity contribution is -0.120. The first-order valence-corrected chi connectivity index (χ1v) is 7.36. The first-order valence-electron chi connectivity index (χ1n) is 5.60. The van der Waals surface area contributed by atoms with Crippen molar-refractivity contribution in [3.8, 4) is 0 Å². The standard InChI is InChI=1S/C12H11Cl2N3O2S/c1-2-4-17-7-3-5-20-9(7)6-8(17)11(18)15-16-12(19)10(13)14/h2-3,5-6,10H,1,4H2,(H,15,18)(H,16,19). The number of halogens is 2. The molecule has 2 heterocycles. The smallest absolute Gasteiger partial charge is 0.286 e. The van der Waals surface area contributed by atoms with Gasteiger partial charge in [-0.05, 0) is 17.5 Å². The molecule has 0 aliphatic carbocycles. The van der Waals surface area contributed by atoms with Crippen molar-refractivity contribution in [2.45, 2.75) is 11.4 Å². The number of aromatic nitrogens is 1. The van der Waals surface area contributed by atoms with Crippen LogP contribution in [-0.2, 0) is 11.3 Å². The Hall–Kier alpha value is -1.50. The van der Waals surface area contributed by atoms with Crippen molar-refractivity contribution in [3.63, 3.8) is 0 Å². The van der Waals surface area contributed by atoms with Crippen LogP contribution in [0.1, 0.15) is 10.5 Å². The second-order valence-corrected chi connectivity index (χ2v) is 5.89. The molecule has 0 aromatic carbocycles. The van der Waals surface area contributed by atoms with Gasteiger partial charge in [0.25, 0.3) is 11.8 Å².